The summed E-state index contributed by atoms with van der Waals surface area (Å²) in [5.74, 6) is 0.609. The van der Waals surface area contributed by atoms with Crippen LogP contribution < -0.4 is 14.4 Å². The van der Waals surface area contributed by atoms with Crippen molar-refractivity contribution in [3.63, 3.8) is 0 Å². The van der Waals surface area contributed by atoms with Gasteiger partial charge >= 0.3 is 0 Å². The molecule has 5 unspecified atom stereocenters. The van der Waals surface area contributed by atoms with Crippen LogP contribution in [0.3, 0.4) is 0 Å². The Labute approximate surface area is 301 Å². The number of likely N-dealkylation sites (N-methyl/N-ethyl adjacent to an activating group) is 1. The molecule has 2 aromatic carbocycles. The van der Waals surface area contributed by atoms with Crippen LogP contribution in [0, 0.1) is 11.8 Å². The molecule has 0 saturated heterocycles. The highest BCUT2D eigenvalue weighted by molar-refractivity contribution is 7.95. The largest absolute Gasteiger partial charge is 0.491 e. The van der Waals surface area contributed by atoms with Gasteiger partial charge in [-0.15, -0.1) is 0 Å². The highest BCUT2D eigenvalue weighted by atomic mass is 35.5. The molecule has 0 bridgehead atoms. The monoisotopic (exact) mass is 716 g/mol. The van der Waals surface area contributed by atoms with Crippen LogP contribution in [0.15, 0.2) is 48.6 Å². The second-order valence-corrected chi connectivity index (χ2v) is 14.6. The number of nitrogens with one attached hydrogen (secondary N) is 1. The summed E-state index contributed by atoms with van der Waals surface area (Å²) in [5, 5.41) is 23.0. The zero-order valence-electron chi connectivity index (χ0n) is 29.4. The van der Waals surface area contributed by atoms with Crippen LogP contribution in [0.4, 0.5) is 5.69 Å². The lowest BCUT2D eigenvalue weighted by Gasteiger charge is -2.42. The first kappa shape index (κ1) is 39.0. The van der Waals surface area contributed by atoms with E-state index in [4.69, 9.17) is 21.1 Å². The van der Waals surface area contributed by atoms with Gasteiger partial charge in [0.25, 0.3) is 5.91 Å². The number of methoxy groups -OCH3 is 1. The number of carbonyl (C=O) groups is 2. The molecule has 0 spiro atoms. The molecule has 2 amide bonds. The lowest BCUT2D eigenvalue weighted by Crippen LogP contribution is -2.44. The number of aliphatic hydroxyl groups is 2. The average Bonchev–Trinajstić information content (AvgIpc) is 3.25. The lowest BCUT2D eigenvalue weighted by atomic mass is 9.70. The third-order valence-electron chi connectivity index (χ3n) is 9.62. The normalized spacial score (nSPS) is 20.3. The Morgan fingerprint density at radius 2 is 1.98 bits per heavy atom. The van der Waals surface area contributed by atoms with E-state index in [1.54, 1.807) is 32.0 Å². The third-order valence-corrected chi connectivity index (χ3v) is 10.6. The quantitative estimate of drug-likeness (QED) is 0.147. The summed E-state index contributed by atoms with van der Waals surface area (Å²) >= 11 is 7.54. The van der Waals surface area contributed by atoms with Gasteiger partial charge in [-0.05, 0) is 85.5 Å². The number of hydrogen-bond donors (Lipinski definition) is 3. The number of anilines is 1. The second-order valence-electron chi connectivity index (χ2n) is 13.2. The van der Waals surface area contributed by atoms with Crippen LogP contribution in [-0.4, -0.2) is 97.9 Å². The van der Waals surface area contributed by atoms with E-state index in [0.29, 0.717) is 62.1 Å². The number of halogens is 1. The van der Waals surface area contributed by atoms with Crippen molar-refractivity contribution in [2.75, 3.05) is 65.5 Å². The van der Waals surface area contributed by atoms with Gasteiger partial charge in [-0.3, -0.25) is 14.3 Å². The first-order chi connectivity index (χ1) is 23.5. The van der Waals surface area contributed by atoms with Crippen molar-refractivity contribution in [1.82, 2.24) is 13.9 Å². The SMILES string of the molecule is CCCc1cc(Cl)ccc1C1COc2ccc(C(O)C(=O)NSN(C)CCOC)cc2N(CC2CCC2C(O)/C=C/CCN(C)C(C)=O)C1. The molecule has 0 radical (unpaired) electrons. The van der Waals surface area contributed by atoms with Crippen molar-refractivity contribution in [2.24, 2.45) is 11.8 Å². The summed E-state index contributed by atoms with van der Waals surface area (Å²) in [6.45, 7) is 7.29. The van der Waals surface area contributed by atoms with Crippen molar-refractivity contribution in [1.29, 1.82) is 0 Å². The summed E-state index contributed by atoms with van der Waals surface area (Å²) in [6.07, 6.45) is 6.39. The Kier molecular flexibility index (Phi) is 15.1. The molecular weight excluding hydrogens is 664 g/mol. The molecule has 2 aromatic rings. The van der Waals surface area contributed by atoms with Crippen molar-refractivity contribution >= 4 is 41.2 Å². The van der Waals surface area contributed by atoms with Crippen LogP contribution >= 0.6 is 23.7 Å². The molecule has 49 heavy (non-hydrogen) atoms. The number of fused-ring (bicyclic) bond motifs is 1. The number of nitrogens with zero attached hydrogens (tertiary/aromatic N) is 3. The molecule has 270 valence electrons. The van der Waals surface area contributed by atoms with Gasteiger partial charge in [-0.2, -0.15) is 0 Å². The predicted molar refractivity (Wildman–Crippen MR) is 197 cm³/mol. The predicted octanol–water partition coefficient (Wildman–Crippen LogP) is 5.38. The summed E-state index contributed by atoms with van der Waals surface area (Å²) in [5.41, 5.74) is 3.73. The van der Waals surface area contributed by atoms with Crippen molar-refractivity contribution in [3.05, 3.63) is 70.3 Å². The van der Waals surface area contributed by atoms with Gasteiger partial charge in [0.15, 0.2) is 6.10 Å². The Bertz CT molecular complexity index is 1430. The molecule has 1 aliphatic heterocycles. The number of aryl methyl sites for hydroxylation is 1. The molecule has 1 aliphatic carbocycles. The van der Waals surface area contributed by atoms with E-state index in [0.717, 1.165) is 43.5 Å². The standard InChI is InChI=1S/C37H53ClN4O6S/c1-6-9-26-20-30(38)13-15-31(26)29-23-42(22-28-11-14-32(28)34(44)10-7-8-17-40(3)25(2)43)33-21-27(12-16-35(33)48-24-29)36(45)37(46)39-49-41(4)18-19-47-5/h7,10,12-13,15-16,20-21,28-29,32,34,36,44-45H,6,8-9,11,14,17-19,22-24H2,1-5H3,(H,39,46)/b10-7+. The van der Waals surface area contributed by atoms with E-state index >= 15 is 0 Å². The molecule has 3 N–H and O–H groups in total. The minimum Gasteiger partial charge on any atom is -0.491 e. The first-order valence-electron chi connectivity index (χ1n) is 17.2. The minimum absolute atomic E-state index is 0.0224. The lowest BCUT2D eigenvalue weighted by molar-refractivity contribution is -0.128. The average molecular weight is 717 g/mol. The summed E-state index contributed by atoms with van der Waals surface area (Å²) in [4.78, 5) is 28.5. The van der Waals surface area contributed by atoms with E-state index in [9.17, 15) is 19.8 Å². The minimum atomic E-state index is -1.37. The number of benzene rings is 2. The Morgan fingerprint density at radius 1 is 1.18 bits per heavy atom. The Balaban J connectivity index is 1.56. The molecule has 4 rings (SSSR count). The van der Waals surface area contributed by atoms with E-state index in [1.165, 1.54) is 11.1 Å². The van der Waals surface area contributed by atoms with Crippen LogP contribution in [-0.2, 0) is 20.7 Å². The summed E-state index contributed by atoms with van der Waals surface area (Å²) < 4.78 is 16.1. The maximum Gasteiger partial charge on any atom is 0.264 e. The topological polar surface area (TPSA) is 115 Å². The fourth-order valence-electron chi connectivity index (χ4n) is 6.45. The van der Waals surface area contributed by atoms with Gasteiger partial charge in [0.1, 0.15) is 5.75 Å². The smallest absolute Gasteiger partial charge is 0.264 e. The van der Waals surface area contributed by atoms with Gasteiger partial charge in [-0.25, -0.2) is 4.31 Å². The zero-order chi connectivity index (χ0) is 35.5. The first-order valence-corrected chi connectivity index (χ1v) is 18.4. The molecule has 2 aliphatic rings. The summed E-state index contributed by atoms with van der Waals surface area (Å²) in [7, 11) is 5.24. The molecule has 1 fully saturated rings. The van der Waals surface area contributed by atoms with Gasteiger partial charge in [0.05, 0.1) is 25.0 Å². The van der Waals surface area contributed by atoms with Crippen molar-refractivity contribution in [2.45, 2.75) is 64.1 Å². The molecule has 10 nitrogen and oxygen atoms in total. The second kappa shape index (κ2) is 19.0. The van der Waals surface area contributed by atoms with E-state index in [-0.39, 0.29) is 23.7 Å². The fourth-order valence-corrected chi connectivity index (χ4v) is 7.17. The Hall–Kier alpha value is -2.80. The van der Waals surface area contributed by atoms with Gasteiger partial charge < -0.3 is 29.5 Å². The third kappa shape index (κ3) is 10.8. The van der Waals surface area contributed by atoms with Crippen molar-refractivity contribution in [3.8, 4) is 5.75 Å². The van der Waals surface area contributed by atoms with Crippen LogP contribution in [0.1, 0.15) is 68.2 Å². The maximum atomic E-state index is 13.0. The van der Waals surface area contributed by atoms with Gasteiger partial charge in [-0.1, -0.05) is 49.2 Å². The number of aliphatic hydroxyl groups excluding tert-OH is 2. The zero-order valence-corrected chi connectivity index (χ0v) is 31.0. The van der Waals surface area contributed by atoms with E-state index < -0.39 is 18.1 Å². The highest BCUT2D eigenvalue weighted by Crippen LogP contribution is 2.43. The molecule has 1 saturated carbocycles. The fraction of sp³-hybridized carbons (Fsp3) is 0.568. The number of hydrogen-bond acceptors (Lipinski definition) is 9. The number of amides is 2. The molecule has 5 atom stereocenters. The highest BCUT2D eigenvalue weighted by Gasteiger charge is 2.38. The van der Waals surface area contributed by atoms with Gasteiger partial charge in [0, 0.05) is 70.3 Å². The summed E-state index contributed by atoms with van der Waals surface area (Å²) in [6, 6.07) is 11.6. The Morgan fingerprint density at radius 3 is 2.67 bits per heavy atom. The van der Waals surface area contributed by atoms with E-state index in [1.807, 2.05) is 41.7 Å². The van der Waals surface area contributed by atoms with Crippen molar-refractivity contribution < 1.29 is 29.3 Å². The maximum absolute atomic E-state index is 13.0. The van der Waals surface area contributed by atoms with Crippen LogP contribution in [0.25, 0.3) is 0 Å². The number of carbonyl (C=O) groups excluding carboxylic acids is 2. The molecular formula is C37H53ClN4O6S. The van der Waals surface area contributed by atoms with E-state index in [2.05, 4.69) is 28.7 Å². The number of rotatable bonds is 17. The number of ether oxygens (including phenoxy) is 2. The van der Waals surface area contributed by atoms with Crippen LogP contribution in [0.2, 0.25) is 5.02 Å². The molecule has 0 aromatic heterocycles. The van der Waals surface area contributed by atoms with Crippen LogP contribution in [0.5, 0.6) is 5.75 Å². The van der Waals surface area contributed by atoms with Gasteiger partial charge in [0.2, 0.25) is 5.91 Å². The molecule has 1 heterocycles. The molecule has 12 heteroatoms.